The first-order valence-electron chi connectivity index (χ1n) is 7.40. The van der Waals surface area contributed by atoms with E-state index >= 15 is 0 Å². The van der Waals surface area contributed by atoms with Gasteiger partial charge in [-0.3, -0.25) is 9.88 Å². The molecular formula is C16H21N5. The SMILES string of the molecule is Cc1cc(N2CCN(Cc3ccccn3)CC2)nc(C)n1. The number of hydrogen-bond donors (Lipinski definition) is 0. The number of anilines is 1. The molecule has 5 heteroatoms. The normalized spacial score (nSPS) is 16.2. The molecule has 110 valence electrons. The lowest BCUT2D eigenvalue weighted by molar-refractivity contribution is 0.246. The lowest BCUT2D eigenvalue weighted by Crippen LogP contribution is -2.46. The highest BCUT2D eigenvalue weighted by atomic mass is 15.3. The Balaban J connectivity index is 1.60. The summed E-state index contributed by atoms with van der Waals surface area (Å²) >= 11 is 0. The molecule has 21 heavy (non-hydrogen) atoms. The molecule has 0 saturated carbocycles. The Morgan fingerprint density at radius 2 is 1.86 bits per heavy atom. The molecular weight excluding hydrogens is 262 g/mol. The van der Waals surface area contributed by atoms with Gasteiger partial charge < -0.3 is 4.90 Å². The molecule has 0 aromatic carbocycles. The van der Waals surface area contributed by atoms with Gasteiger partial charge in [-0.15, -0.1) is 0 Å². The fourth-order valence-corrected chi connectivity index (χ4v) is 2.72. The maximum atomic E-state index is 4.55. The van der Waals surface area contributed by atoms with Crippen molar-refractivity contribution in [2.24, 2.45) is 0 Å². The number of pyridine rings is 1. The van der Waals surface area contributed by atoms with E-state index in [-0.39, 0.29) is 0 Å². The number of rotatable bonds is 3. The minimum atomic E-state index is 0.848. The van der Waals surface area contributed by atoms with Crippen LogP contribution in [0.4, 0.5) is 5.82 Å². The molecule has 1 aliphatic heterocycles. The third-order valence-electron chi connectivity index (χ3n) is 3.76. The van der Waals surface area contributed by atoms with E-state index in [2.05, 4.69) is 36.9 Å². The van der Waals surface area contributed by atoms with Crippen molar-refractivity contribution >= 4 is 5.82 Å². The van der Waals surface area contributed by atoms with E-state index in [0.29, 0.717) is 0 Å². The average molecular weight is 283 g/mol. The van der Waals surface area contributed by atoms with E-state index in [4.69, 9.17) is 0 Å². The second-order valence-corrected chi connectivity index (χ2v) is 5.50. The van der Waals surface area contributed by atoms with Crippen molar-refractivity contribution in [3.05, 3.63) is 47.7 Å². The summed E-state index contributed by atoms with van der Waals surface area (Å²) in [5.74, 6) is 1.90. The molecule has 0 N–H and O–H groups in total. The van der Waals surface area contributed by atoms with Crippen LogP contribution in [0.3, 0.4) is 0 Å². The third kappa shape index (κ3) is 3.55. The summed E-state index contributed by atoms with van der Waals surface area (Å²) in [6.07, 6.45) is 1.86. The Hall–Kier alpha value is -2.01. The standard InChI is InChI=1S/C16H21N5/c1-13-11-16(19-14(2)18-13)21-9-7-20(8-10-21)12-15-5-3-4-6-17-15/h3-6,11H,7-10,12H2,1-2H3. The predicted octanol–water partition coefficient (Wildman–Crippen LogP) is 1.81. The number of piperazine rings is 1. The molecule has 0 spiro atoms. The van der Waals surface area contributed by atoms with Crippen molar-refractivity contribution < 1.29 is 0 Å². The van der Waals surface area contributed by atoms with Crippen molar-refractivity contribution in [2.75, 3.05) is 31.1 Å². The summed E-state index contributed by atoms with van der Waals surface area (Å²) in [4.78, 5) is 18.1. The van der Waals surface area contributed by atoms with Gasteiger partial charge in [-0.05, 0) is 26.0 Å². The van der Waals surface area contributed by atoms with Crippen LogP contribution < -0.4 is 4.90 Å². The van der Waals surface area contributed by atoms with Crippen LogP contribution in [-0.4, -0.2) is 46.0 Å². The maximum absolute atomic E-state index is 4.55. The Kier molecular flexibility index (Phi) is 4.10. The van der Waals surface area contributed by atoms with Gasteiger partial charge in [-0.1, -0.05) is 6.07 Å². The first kappa shape index (κ1) is 13.9. The molecule has 0 unspecified atom stereocenters. The van der Waals surface area contributed by atoms with Gasteiger partial charge in [0.05, 0.1) is 5.69 Å². The number of hydrogen-bond acceptors (Lipinski definition) is 5. The zero-order valence-electron chi connectivity index (χ0n) is 12.7. The van der Waals surface area contributed by atoms with Gasteiger partial charge in [0.2, 0.25) is 0 Å². The van der Waals surface area contributed by atoms with Crippen molar-refractivity contribution in [3.8, 4) is 0 Å². The monoisotopic (exact) mass is 283 g/mol. The summed E-state index contributed by atoms with van der Waals surface area (Å²) in [7, 11) is 0. The zero-order valence-corrected chi connectivity index (χ0v) is 12.7. The highest BCUT2D eigenvalue weighted by molar-refractivity contribution is 5.40. The molecule has 1 saturated heterocycles. The van der Waals surface area contributed by atoms with Crippen LogP contribution in [0.1, 0.15) is 17.2 Å². The number of nitrogens with zero attached hydrogens (tertiary/aromatic N) is 5. The molecule has 0 radical (unpaired) electrons. The van der Waals surface area contributed by atoms with E-state index in [0.717, 1.165) is 55.8 Å². The highest BCUT2D eigenvalue weighted by Crippen LogP contribution is 2.15. The van der Waals surface area contributed by atoms with Gasteiger partial charge in [0.1, 0.15) is 11.6 Å². The Labute approximate surface area is 125 Å². The quantitative estimate of drug-likeness (QED) is 0.859. The summed E-state index contributed by atoms with van der Waals surface area (Å²) in [5, 5.41) is 0. The molecule has 0 amide bonds. The van der Waals surface area contributed by atoms with Crippen LogP contribution in [0, 0.1) is 13.8 Å². The van der Waals surface area contributed by atoms with E-state index in [1.54, 1.807) is 0 Å². The Morgan fingerprint density at radius 3 is 2.52 bits per heavy atom. The van der Waals surface area contributed by atoms with Crippen LogP contribution in [0.25, 0.3) is 0 Å². The largest absolute Gasteiger partial charge is 0.354 e. The molecule has 0 atom stereocenters. The van der Waals surface area contributed by atoms with E-state index in [1.165, 1.54) is 0 Å². The summed E-state index contributed by atoms with van der Waals surface area (Å²) in [6, 6.07) is 8.16. The van der Waals surface area contributed by atoms with Crippen LogP contribution in [0.5, 0.6) is 0 Å². The van der Waals surface area contributed by atoms with Crippen molar-refractivity contribution in [1.82, 2.24) is 19.9 Å². The van der Waals surface area contributed by atoms with Gasteiger partial charge in [-0.25, -0.2) is 9.97 Å². The van der Waals surface area contributed by atoms with E-state index in [1.807, 2.05) is 32.2 Å². The minimum Gasteiger partial charge on any atom is -0.354 e. The van der Waals surface area contributed by atoms with Crippen LogP contribution in [0.15, 0.2) is 30.5 Å². The molecule has 0 bridgehead atoms. The molecule has 2 aromatic heterocycles. The van der Waals surface area contributed by atoms with Gasteiger partial charge in [0.25, 0.3) is 0 Å². The van der Waals surface area contributed by atoms with Crippen molar-refractivity contribution in [1.29, 1.82) is 0 Å². The molecule has 1 aliphatic rings. The molecule has 3 heterocycles. The zero-order chi connectivity index (χ0) is 14.7. The van der Waals surface area contributed by atoms with Crippen LogP contribution in [-0.2, 0) is 6.54 Å². The molecule has 2 aromatic rings. The van der Waals surface area contributed by atoms with E-state index < -0.39 is 0 Å². The first-order valence-corrected chi connectivity index (χ1v) is 7.40. The Bertz CT molecular complexity index is 571. The van der Waals surface area contributed by atoms with Gasteiger partial charge in [0.15, 0.2) is 0 Å². The number of aromatic nitrogens is 3. The highest BCUT2D eigenvalue weighted by Gasteiger charge is 2.18. The third-order valence-corrected chi connectivity index (χ3v) is 3.76. The molecule has 5 nitrogen and oxygen atoms in total. The van der Waals surface area contributed by atoms with Gasteiger partial charge in [-0.2, -0.15) is 0 Å². The fraction of sp³-hybridized carbons (Fsp3) is 0.438. The predicted molar refractivity (Wildman–Crippen MR) is 83.2 cm³/mol. The maximum Gasteiger partial charge on any atom is 0.132 e. The van der Waals surface area contributed by atoms with Gasteiger partial charge in [0, 0.05) is 50.7 Å². The minimum absolute atomic E-state index is 0.848. The Morgan fingerprint density at radius 1 is 1.05 bits per heavy atom. The van der Waals surface area contributed by atoms with Crippen LogP contribution in [0.2, 0.25) is 0 Å². The van der Waals surface area contributed by atoms with Crippen molar-refractivity contribution in [3.63, 3.8) is 0 Å². The summed E-state index contributed by atoms with van der Waals surface area (Å²) in [6.45, 7) is 8.99. The smallest absolute Gasteiger partial charge is 0.132 e. The lowest BCUT2D eigenvalue weighted by atomic mass is 10.2. The lowest BCUT2D eigenvalue weighted by Gasteiger charge is -2.35. The summed E-state index contributed by atoms with van der Waals surface area (Å²) in [5.41, 5.74) is 2.17. The fourth-order valence-electron chi connectivity index (χ4n) is 2.72. The molecule has 1 fully saturated rings. The second-order valence-electron chi connectivity index (χ2n) is 5.50. The second kappa shape index (κ2) is 6.18. The molecule has 3 rings (SSSR count). The topological polar surface area (TPSA) is 45.2 Å². The number of aryl methyl sites for hydroxylation is 2. The van der Waals surface area contributed by atoms with Crippen LogP contribution >= 0.6 is 0 Å². The summed E-state index contributed by atoms with van der Waals surface area (Å²) < 4.78 is 0. The molecule has 0 aliphatic carbocycles. The average Bonchev–Trinajstić information content (AvgIpc) is 2.48. The van der Waals surface area contributed by atoms with E-state index in [9.17, 15) is 0 Å². The van der Waals surface area contributed by atoms with Gasteiger partial charge >= 0.3 is 0 Å². The van der Waals surface area contributed by atoms with Crippen molar-refractivity contribution in [2.45, 2.75) is 20.4 Å². The first-order chi connectivity index (χ1) is 10.2.